The largest absolute Gasteiger partial charge is 0.482 e. The van der Waals surface area contributed by atoms with Gasteiger partial charge >= 0.3 is 12.1 Å². The Labute approximate surface area is 221 Å². The molecule has 0 fully saturated rings. The van der Waals surface area contributed by atoms with Crippen molar-refractivity contribution in [1.29, 1.82) is 0 Å². The molecule has 0 aliphatic heterocycles. The van der Waals surface area contributed by atoms with Gasteiger partial charge in [0.05, 0.1) is 12.2 Å². The summed E-state index contributed by atoms with van der Waals surface area (Å²) in [4.78, 5) is 13.6. The van der Waals surface area contributed by atoms with E-state index in [1.165, 1.54) is 12.1 Å². The van der Waals surface area contributed by atoms with Crippen LogP contribution in [0.2, 0.25) is 0 Å². The van der Waals surface area contributed by atoms with Crippen LogP contribution in [-0.2, 0) is 15.7 Å². The van der Waals surface area contributed by atoms with E-state index in [9.17, 15) is 18.0 Å². The molecule has 1 aromatic heterocycles. The molecule has 0 saturated carbocycles. The molecule has 0 atom stereocenters. The molecule has 0 amide bonds. The summed E-state index contributed by atoms with van der Waals surface area (Å²) in [7, 11) is 0. The van der Waals surface area contributed by atoms with Crippen molar-refractivity contribution in [2.75, 3.05) is 19.0 Å². The number of alkyl halides is 3. The van der Waals surface area contributed by atoms with Crippen molar-refractivity contribution in [2.45, 2.75) is 24.9 Å². The van der Waals surface area contributed by atoms with Crippen LogP contribution in [-0.4, -0.2) is 24.9 Å². The molecule has 3 aromatic carbocycles. The number of aryl methyl sites for hydroxylation is 1. The standard InChI is InChI=1S/C29H25F3O3S2/c1-3-34-28(33)18-35-25-13-12-23(16-19(25)2)36-15-14-24(20-8-10-22(11-9-20)29(30,31)32)27-17-21-6-4-5-7-26(21)37-27/h4-14,16-17H,3,15,18H2,1-2H3. The number of hydrogen-bond donors (Lipinski definition) is 0. The molecule has 0 N–H and O–H groups in total. The quantitative estimate of drug-likeness (QED) is 0.157. The number of carbonyl (C=O) groups excluding carboxylic acids is 1. The minimum atomic E-state index is -4.38. The van der Waals surface area contributed by atoms with E-state index in [0.29, 0.717) is 18.1 Å². The summed E-state index contributed by atoms with van der Waals surface area (Å²) in [5.41, 5.74) is 1.86. The highest BCUT2D eigenvalue weighted by atomic mass is 32.2. The fourth-order valence-electron chi connectivity index (χ4n) is 3.75. The minimum Gasteiger partial charge on any atom is -0.482 e. The van der Waals surface area contributed by atoms with Gasteiger partial charge in [-0.25, -0.2) is 4.79 Å². The zero-order chi connectivity index (χ0) is 26.4. The number of halogens is 3. The number of hydrogen-bond acceptors (Lipinski definition) is 5. The second-order valence-corrected chi connectivity index (χ2v) is 10.4. The van der Waals surface area contributed by atoms with Crippen LogP contribution in [0.4, 0.5) is 13.2 Å². The fourth-order valence-corrected chi connectivity index (χ4v) is 5.74. The van der Waals surface area contributed by atoms with Crippen LogP contribution >= 0.6 is 23.1 Å². The molecule has 0 aliphatic carbocycles. The van der Waals surface area contributed by atoms with Crippen molar-refractivity contribution >= 4 is 44.7 Å². The van der Waals surface area contributed by atoms with Gasteiger partial charge in [0.1, 0.15) is 5.75 Å². The molecule has 0 spiro atoms. The van der Waals surface area contributed by atoms with Gasteiger partial charge in [-0.1, -0.05) is 36.4 Å². The molecule has 0 aliphatic rings. The normalized spacial score (nSPS) is 12.1. The first-order chi connectivity index (χ1) is 17.7. The average molecular weight is 543 g/mol. The lowest BCUT2D eigenvalue weighted by Crippen LogP contribution is -2.14. The second-order valence-electron chi connectivity index (χ2n) is 8.17. The van der Waals surface area contributed by atoms with Crippen LogP contribution in [0.15, 0.2) is 83.8 Å². The second kappa shape index (κ2) is 11.9. The van der Waals surface area contributed by atoms with Gasteiger partial charge < -0.3 is 9.47 Å². The lowest BCUT2D eigenvalue weighted by Gasteiger charge is -2.11. The Balaban J connectivity index is 1.54. The average Bonchev–Trinajstić information content (AvgIpc) is 3.30. The maximum atomic E-state index is 13.1. The van der Waals surface area contributed by atoms with Gasteiger partial charge in [0, 0.05) is 20.2 Å². The highest BCUT2D eigenvalue weighted by Gasteiger charge is 2.30. The van der Waals surface area contributed by atoms with E-state index in [4.69, 9.17) is 9.47 Å². The third-order valence-corrected chi connectivity index (χ3v) is 7.62. The molecule has 4 rings (SSSR count). The lowest BCUT2D eigenvalue weighted by atomic mass is 10.0. The number of thiophene rings is 1. The van der Waals surface area contributed by atoms with E-state index in [1.54, 1.807) is 30.0 Å². The molecule has 1 heterocycles. The number of rotatable bonds is 9. The van der Waals surface area contributed by atoms with Crippen LogP contribution in [0.3, 0.4) is 0 Å². The number of ether oxygens (including phenoxy) is 2. The van der Waals surface area contributed by atoms with Gasteiger partial charge in [0.2, 0.25) is 0 Å². The maximum Gasteiger partial charge on any atom is 0.416 e. The Bertz CT molecular complexity index is 1370. The van der Waals surface area contributed by atoms with E-state index >= 15 is 0 Å². The predicted octanol–water partition coefficient (Wildman–Crippen LogP) is 8.39. The van der Waals surface area contributed by atoms with Gasteiger partial charge in [-0.3, -0.25) is 0 Å². The number of esters is 1. The lowest BCUT2D eigenvalue weighted by molar-refractivity contribution is -0.145. The van der Waals surface area contributed by atoms with Crippen molar-refractivity contribution < 1.29 is 27.4 Å². The number of benzene rings is 3. The molecule has 37 heavy (non-hydrogen) atoms. The molecular weight excluding hydrogens is 517 g/mol. The third kappa shape index (κ3) is 6.96. The zero-order valence-corrected chi connectivity index (χ0v) is 21.9. The first-order valence-corrected chi connectivity index (χ1v) is 13.4. The summed E-state index contributed by atoms with van der Waals surface area (Å²) in [5, 5.41) is 1.10. The first kappa shape index (κ1) is 26.8. The maximum absolute atomic E-state index is 13.1. The summed E-state index contributed by atoms with van der Waals surface area (Å²) in [5.74, 6) is 0.818. The summed E-state index contributed by atoms with van der Waals surface area (Å²) in [6.07, 6.45) is -2.32. The molecule has 3 nitrogen and oxygen atoms in total. The Morgan fingerprint density at radius 2 is 1.78 bits per heavy atom. The van der Waals surface area contributed by atoms with E-state index < -0.39 is 17.7 Å². The van der Waals surface area contributed by atoms with Gasteiger partial charge in [0.15, 0.2) is 6.61 Å². The zero-order valence-electron chi connectivity index (χ0n) is 20.3. The molecule has 0 saturated heterocycles. The third-order valence-electron chi connectivity index (χ3n) is 5.55. The topological polar surface area (TPSA) is 35.5 Å². The Morgan fingerprint density at radius 3 is 2.46 bits per heavy atom. The van der Waals surface area contributed by atoms with E-state index in [-0.39, 0.29) is 6.61 Å². The molecule has 192 valence electrons. The molecular formula is C29H25F3O3S2. The molecule has 0 bridgehead atoms. The Kier molecular flexibility index (Phi) is 8.61. The summed E-state index contributed by atoms with van der Waals surface area (Å²) in [6.45, 7) is 3.81. The minimum absolute atomic E-state index is 0.143. The predicted molar refractivity (Wildman–Crippen MR) is 144 cm³/mol. The molecule has 4 aromatic rings. The van der Waals surface area contributed by atoms with Crippen LogP contribution < -0.4 is 4.74 Å². The SMILES string of the molecule is CCOC(=O)COc1ccc(SCC=C(c2ccc(C(F)(F)F)cc2)c2cc3ccccc3s2)cc1C. The van der Waals surface area contributed by atoms with E-state index in [2.05, 4.69) is 12.1 Å². The monoisotopic (exact) mass is 542 g/mol. The first-order valence-electron chi connectivity index (χ1n) is 11.6. The number of fused-ring (bicyclic) bond motifs is 1. The molecule has 0 radical (unpaired) electrons. The van der Waals surface area contributed by atoms with Gasteiger partial charge in [0.25, 0.3) is 0 Å². The summed E-state index contributed by atoms with van der Waals surface area (Å²) in [6, 6.07) is 21.1. The Morgan fingerprint density at radius 1 is 1.03 bits per heavy atom. The van der Waals surface area contributed by atoms with Crippen molar-refractivity contribution in [3.05, 3.63) is 100 Å². The van der Waals surface area contributed by atoms with Crippen LogP contribution in [0.25, 0.3) is 15.7 Å². The van der Waals surface area contributed by atoms with Gasteiger partial charge in [-0.2, -0.15) is 13.2 Å². The summed E-state index contributed by atoms with van der Waals surface area (Å²) >= 11 is 3.23. The number of thioether (sulfide) groups is 1. The molecule has 0 unspecified atom stereocenters. The van der Waals surface area contributed by atoms with Crippen LogP contribution in [0.5, 0.6) is 5.75 Å². The molecule has 8 heteroatoms. The van der Waals surface area contributed by atoms with Gasteiger partial charge in [-0.05, 0) is 78.4 Å². The fraction of sp³-hybridized carbons (Fsp3) is 0.207. The highest BCUT2D eigenvalue weighted by molar-refractivity contribution is 7.99. The smallest absolute Gasteiger partial charge is 0.416 e. The highest BCUT2D eigenvalue weighted by Crippen LogP contribution is 2.36. The van der Waals surface area contributed by atoms with Crippen molar-refractivity contribution in [1.82, 2.24) is 0 Å². The number of carbonyl (C=O) groups is 1. The van der Waals surface area contributed by atoms with Gasteiger partial charge in [-0.15, -0.1) is 23.1 Å². The Hall–Kier alpha value is -3.23. The van der Waals surface area contributed by atoms with Crippen molar-refractivity contribution in [3.8, 4) is 5.75 Å². The van der Waals surface area contributed by atoms with E-state index in [0.717, 1.165) is 48.7 Å². The van der Waals surface area contributed by atoms with E-state index in [1.807, 2.05) is 49.4 Å². The van der Waals surface area contributed by atoms with Crippen LogP contribution in [0, 0.1) is 6.92 Å². The summed E-state index contributed by atoms with van der Waals surface area (Å²) < 4.78 is 50.9. The van der Waals surface area contributed by atoms with Crippen molar-refractivity contribution in [2.24, 2.45) is 0 Å². The van der Waals surface area contributed by atoms with Crippen LogP contribution in [0.1, 0.15) is 28.5 Å². The van der Waals surface area contributed by atoms with Crippen molar-refractivity contribution in [3.63, 3.8) is 0 Å².